The van der Waals surface area contributed by atoms with Gasteiger partial charge in [-0.1, -0.05) is 206 Å². The highest BCUT2D eigenvalue weighted by Gasteiger charge is 2.23. The third kappa shape index (κ3) is 16.4. The number of anilines is 21. The van der Waals surface area contributed by atoms with Crippen molar-refractivity contribution in [3.63, 3.8) is 0 Å². The topological polar surface area (TPSA) is 22.7 Å². The fourth-order valence-electron chi connectivity index (χ4n) is 14.7. The Bertz CT molecular complexity index is 5290. The molecule has 540 valence electrons. The quantitative estimate of drug-likeness (QED) is 0.0666. The van der Waals surface area contributed by atoms with Crippen molar-refractivity contribution in [2.75, 3.05) is 34.3 Å². The predicted octanol–water partition coefficient (Wildman–Crippen LogP) is 30.3. The van der Waals surface area contributed by atoms with E-state index in [0.29, 0.717) is 0 Å². The molecule has 0 aromatic heterocycles. The summed E-state index contributed by atoms with van der Waals surface area (Å²) < 4.78 is 0. The van der Waals surface area contributed by atoms with Crippen LogP contribution in [0.3, 0.4) is 0 Å². The molecule has 0 saturated carbocycles. The first-order valence-electron chi connectivity index (χ1n) is 38.1. The molecule has 17 aromatic rings. The van der Waals surface area contributed by atoms with Crippen LogP contribution in [0.1, 0.15) is 16.7 Å². The van der Waals surface area contributed by atoms with Gasteiger partial charge in [-0.25, -0.2) is 0 Å². The zero-order valence-electron chi connectivity index (χ0n) is 63.0. The Morgan fingerprint density at radius 2 is 0.232 bits per heavy atom. The molecule has 0 aliphatic carbocycles. The predicted molar refractivity (Wildman–Crippen MR) is 475 cm³/mol. The zero-order valence-corrected chi connectivity index (χ0v) is 63.0. The number of rotatable bonds is 22. The average molecular weight is 1440 g/mol. The lowest BCUT2D eigenvalue weighted by Crippen LogP contribution is -2.14. The molecule has 0 aliphatic rings. The summed E-state index contributed by atoms with van der Waals surface area (Å²) in [6.45, 7) is 6.43. The van der Waals surface area contributed by atoms with E-state index in [9.17, 15) is 0 Å². The highest BCUT2D eigenvalue weighted by molar-refractivity contribution is 5.88. The first-order valence-corrected chi connectivity index (χ1v) is 38.1. The standard InChI is InChI=1S/C57H48N4.C48H37N3/c1-43-16-13-25-55(40-43)59(46-19-7-4-8-20-46)52-34-28-49(29-35-52)58(50-30-36-53(37-31-50)60(47-21-9-5-10-22-47)56-26-14-17-44(2)41-56)51-32-38-54(39-33-51)61(48-23-11-6-12-24-48)57-27-15-18-45(3)42-57;1-6-16-38(17-7-1)39-26-28-44(29-27-39)51(47-34-30-45(31-35-47)49(40-18-8-2-9-19-40)41-20-10-3-11-21-41)48-36-32-46(33-37-48)50(42-22-12-4-13-23-42)43-24-14-5-15-25-43/h4-42H,1-3H3;1-37H. The summed E-state index contributed by atoms with van der Waals surface area (Å²) in [4.78, 5) is 16.2. The van der Waals surface area contributed by atoms with Crippen LogP contribution in [-0.2, 0) is 0 Å². The van der Waals surface area contributed by atoms with Crippen LogP contribution < -0.4 is 34.3 Å². The summed E-state index contributed by atoms with van der Waals surface area (Å²) in [5.74, 6) is 0. The van der Waals surface area contributed by atoms with Crippen molar-refractivity contribution in [2.45, 2.75) is 20.8 Å². The summed E-state index contributed by atoms with van der Waals surface area (Å²) in [7, 11) is 0. The van der Waals surface area contributed by atoms with Gasteiger partial charge in [0.1, 0.15) is 0 Å². The van der Waals surface area contributed by atoms with Gasteiger partial charge in [0.05, 0.1) is 0 Å². The minimum absolute atomic E-state index is 1.05. The van der Waals surface area contributed by atoms with E-state index in [1.165, 1.54) is 27.8 Å². The van der Waals surface area contributed by atoms with Crippen LogP contribution in [0.4, 0.5) is 119 Å². The van der Waals surface area contributed by atoms with Crippen LogP contribution in [0.15, 0.2) is 461 Å². The van der Waals surface area contributed by atoms with Gasteiger partial charge in [0.2, 0.25) is 0 Å². The third-order valence-electron chi connectivity index (χ3n) is 19.9. The molecule has 0 bridgehead atoms. The molecule has 0 saturated heterocycles. The van der Waals surface area contributed by atoms with Crippen molar-refractivity contribution in [2.24, 2.45) is 0 Å². The third-order valence-corrected chi connectivity index (χ3v) is 19.9. The molecule has 0 spiro atoms. The number of benzene rings is 17. The van der Waals surface area contributed by atoms with E-state index in [1.54, 1.807) is 0 Å². The number of hydrogen-bond donors (Lipinski definition) is 0. The fraction of sp³-hybridized carbons (Fsp3) is 0.0286. The second kappa shape index (κ2) is 34.1. The maximum atomic E-state index is 2.34. The Morgan fingerprint density at radius 3 is 0.402 bits per heavy atom. The molecule has 7 nitrogen and oxygen atoms in total. The van der Waals surface area contributed by atoms with Crippen LogP contribution in [0, 0.1) is 20.8 Å². The molecule has 7 heteroatoms. The second-order valence-electron chi connectivity index (χ2n) is 27.7. The Kier molecular flexibility index (Phi) is 21.8. The van der Waals surface area contributed by atoms with Crippen molar-refractivity contribution < 1.29 is 0 Å². The molecular weight excluding hydrogens is 1360 g/mol. The molecule has 0 atom stereocenters. The molecule has 112 heavy (non-hydrogen) atoms. The minimum atomic E-state index is 1.05. The Balaban J connectivity index is 0.000000172. The lowest BCUT2D eigenvalue weighted by molar-refractivity contribution is 1.23. The fourth-order valence-corrected chi connectivity index (χ4v) is 14.7. The van der Waals surface area contributed by atoms with Gasteiger partial charge < -0.3 is 34.3 Å². The van der Waals surface area contributed by atoms with Gasteiger partial charge in [0.15, 0.2) is 0 Å². The summed E-state index contributed by atoms with van der Waals surface area (Å²) in [6.07, 6.45) is 0. The van der Waals surface area contributed by atoms with Gasteiger partial charge in [-0.2, -0.15) is 0 Å². The van der Waals surface area contributed by atoms with E-state index in [2.05, 4.69) is 516 Å². The maximum Gasteiger partial charge on any atom is 0.0464 e. The van der Waals surface area contributed by atoms with Gasteiger partial charge in [-0.05, 0) is 303 Å². The van der Waals surface area contributed by atoms with Crippen LogP contribution in [-0.4, -0.2) is 0 Å². The molecule has 0 N–H and O–H groups in total. The van der Waals surface area contributed by atoms with Gasteiger partial charge in [-0.3, -0.25) is 0 Å². The van der Waals surface area contributed by atoms with E-state index >= 15 is 0 Å². The van der Waals surface area contributed by atoms with E-state index in [0.717, 1.165) is 119 Å². The Morgan fingerprint density at radius 1 is 0.107 bits per heavy atom. The van der Waals surface area contributed by atoms with Crippen molar-refractivity contribution in [3.8, 4) is 11.1 Å². The van der Waals surface area contributed by atoms with Gasteiger partial charge in [0.25, 0.3) is 0 Å². The van der Waals surface area contributed by atoms with E-state index in [4.69, 9.17) is 0 Å². The largest absolute Gasteiger partial charge is 0.311 e. The molecule has 17 aromatic carbocycles. The van der Waals surface area contributed by atoms with Crippen molar-refractivity contribution in [1.82, 2.24) is 0 Å². The molecule has 0 amide bonds. The van der Waals surface area contributed by atoms with Crippen molar-refractivity contribution in [3.05, 3.63) is 478 Å². The summed E-state index contributed by atoms with van der Waals surface area (Å²) in [6, 6.07) is 164. The highest BCUT2D eigenvalue weighted by Crippen LogP contribution is 2.46. The summed E-state index contributed by atoms with van der Waals surface area (Å²) in [5.41, 5.74) is 29.0. The first kappa shape index (κ1) is 71.6. The van der Waals surface area contributed by atoms with Gasteiger partial charge in [-0.15, -0.1) is 0 Å². The second-order valence-corrected chi connectivity index (χ2v) is 27.7. The van der Waals surface area contributed by atoms with Gasteiger partial charge in [0, 0.05) is 119 Å². The zero-order chi connectivity index (χ0) is 75.8. The number of nitrogens with zero attached hydrogens (tertiary/aromatic N) is 7. The SMILES string of the molecule is Cc1cccc(N(c2ccccc2)c2ccc(N(c3ccc(N(c4ccccc4)c4cccc(C)c4)cc3)c3ccc(N(c4ccccc4)c4cccc(C)c4)cc3)cc2)c1.c1ccc(-c2ccc(N(c3ccc(N(c4ccccc4)c4ccccc4)cc3)c3ccc(N(c4ccccc4)c4ccccc4)cc3)cc2)cc1. The van der Waals surface area contributed by atoms with Crippen LogP contribution in [0.5, 0.6) is 0 Å². The summed E-state index contributed by atoms with van der Waals surface area (Å²) in [5, 5.41) is 0. The lowest BCUT2D eigenvalue weighted by Gasteiger charge is -2.30. The molecule has 0 heterocycles. The Hall–Kier alpha value is -14.7. The normalized spacial score (nSPS) is 10.8. The molecular formula is C105H85N7. The van der Waals surface area contributed by atoms with Crippen LogP contribution >= 0.6 is 0 Å². The number of para-hydroxylation sites is 7. The minimum Gasteiger partial charge on any atom is -0.311 e. The van der Waals surface area contributed by atoms with E-state index in [-0.39, 0.29) is 0 Å². The molecule has 0 unspecified atom stereocenters. The van der Waals surface area contributed by atoms with Gasteiger partial charge >= 0.3 is 0 Å². The molecule has 0 fully saturated rings. The molecule has 0 radical (unpaired) electrons. The average Bonchev–Trinajstić information content (AvgIpc) is 0.780. The number of hydrogen-bond acceptors (Lipinski definition) is 7. The Labute approximate surface area is 659 Å². The van der Waals surface area contributed by atoms with Crippen LogP contribution in [0.25, 0.3) is 11.1 Å². The van der Waals surface area contributed by atoms with E-state index < -0.39 is 0 Å². The monoisotopic (exact) mass is 1440 g/mol. The van der Waals surface area contributed by atoms with Crippen LogP contribution in [0.2, 0.25) is 0 Å². The van der Waals surface area contributed by atoms with E-state index in [1.807, 2.05) is 0 Å². The lowest BCUT2D eigenvalue weighted by atomic mass is 10.0. The maximum absolute atomic E-state index is 2.34. The first-order chi connectivity index (χ1) is 55.3. The molecule has 0 aliphatic heterocycles. The molecule has 17 rings (SSSR count). The van der Waals surface area contributed by atoms with Crippen molar-refractivity contribution in [1.29, 1.82) is 0 Å². The summed E-state index contributed by atoms with van der Waals surface area (Å²) >= 11 is 0. The smallest absolute Gasteiger partial charge is 0.0464 e. The van der Waals surface area contributed by atoms with Crippen molar-refractivity contribution >= 4 is 119 Å². The highest BCUT2D eigenvalue weighted by atomic mass is 15.2. The number of aryl methyl sites for hydroxylation is 3.